The number of nitrogens with one attached hydrogen (secondary N) is 2. The highest BCUT2D eigenvalue weighted by Crippen LogP contribution is 2.21. The molecule has 0 aliphatic rings. The fraction of sp³-hybridized carbons (Fsp3) is 0.222. The Kier molecular flexibility index (Phi) is 6.14. The molecule has 2 N–H and O–H groups in total. The van der Waals surface area contributed by atoms with Gasteiger partial charge in [0.2, 0.25) is 0 Å². The summed E-state index contributed by atoms with van der Waals surface area (Å²) in [5.74, 6) is 1.40. The third-order valence-corrected chi connectivity index (χ3v) is 3.80. The lowest BCUT2D eigenvalue weighted by Crippen LogP contribution is -2.24. The zero-order valence-corrected chi connectivity index (χ0v) is 15.0. The van der Waals surface area contributed by atoms with Crippen LogP contribution in [0.2, 0.25) is 0 Å². The standard InChI is InChI=1S/C18H21N3O2S/c1-12-6-5-7-17(13(12)2)20-18(24)21-19-11-14-8-15(22-3)10-16(9-14)23-4/h5-11H,1-4H3,(H2,20,21,24)/b19-11+. The molecule has 6 heteroatoms. The fourth-order valence-electron chi connectivity index (χ4n) is 2.11. The molecule has 0 aliphatic carbocycles. The van der Waals surface area contributed by atoms with Crippen molar-refractivity contribution in [3.63, 3.8) is 0 Å². The number of nitrogens with zero attached hydrogens (tertiary/aromatic N) is 1. The van der Waals surface area contributed by atoms with E-state index in [1.807, 2.05) is 31.2 Å². The maximum absolute atomic E-state index is 5.27. The van der Waals surface area contributed by atoms with Crippen molar-refractivity contribution < 1.29 is 9.47 Å². The molecule has 0 saturated carbocycles. The van der Waals surface area contributed by atoms with Crippen molar-refractivity contribution in [1.82, 2.24) is 5.43 Å². The van der Waals surface area contributed by atoms with Crippen molar-refractivity contribution in [3.8, 4) is 11.5 Å². The Labute approximate surface area is 147 Å². The Bertz CT molecular complexity index is 738. The molecule has 0 fully saturated rings. The summed E-state index contributed by atoms with van der Waals surface area (Å²) in [6.45, 7) is 4.11. The van der Waals surface area contributed by atoms with Crippen molar-refractivity contribution in [1.29, 1.82) is 0 Å². The summed E-state index contributed by atoms with van der Waals surface area (Å²) in [5, 5.41) is 7.72. The first kappa shape index (κ1) is 17.7. The number of thiocarbonyl (C=S) groups is 1. The first-order chi connectivity index (χ1) is 11.5. The minimum Gasteiger partial charge on any atom is -0.497 e. The molecule has 2 aromatic rings. The zero-order chi connectivity index (χ0) is 17.5. The van der Waals surface area contributed by atoms with Crippen LogP contribution in [0.5, 0.6) is 11.5 Å². The molecule has 0 aliphatic heterocycles. The van der Waals surface area contributed by atoms with E-state index in [0.717, 1.165) is 16.8 Å². The van der Waals surface area contributed by atoms with Gasteiger partial charge in [-0.2, -0.15) is 5.10 Å². The van der Waals surface area contributed by atoms with Crippen LogP contribution in [0.3, 0.4) is 0 Å². The van der Waals surface area contributed by atoms with Crippen molar-refractivity contribution in [2.24, 2.45) is 5.10 Å². The molecule has 0 atom stereocenters. The molecular weight excluding hydrogens is 322 g/mol. The summed E-state index contributed by atoms with van der Waals surface area (Å²) in [6.07, 6.45) is 1.65. The fourth-order valence-corrected chi connectivity index (χ4v) is 2.27. The summed E-state index contributed by atoms with van der Waals surface area (Å²) in [5.41, 5.74) is 6.97. The Hall–Kier alpha value is -2.60. The molecule has 2 aromatic carbocycles. The van der Waals surface area contributed by atoms with Gasteiger partial charge in [0.25, 0.3) is 0 Å². The van der Waals surface area contributed by atoms with Crippen LogP contribution in [0.15, 0.2) is 41.5 Å². The van der Waals surface area contributed by atoms with Crippen LogP contribution in [0.4, 0.5) is 5.69 Å². The maximum Gasteiger partial charge on any atom is 0.191 e. The Balaban J connectivity index is 2.01. The Morgan fingerprint density at radius 3 is 2.38 bits per heavy atom. The van der Waals surface area contributed by atoms with Crippen LogP contribution in [0.25, 0.3) is 0 Å². The van der Waals surface area contributed by atoms with E-state index in [0.29, 0.717) is 16.6 Å². The first-order valence-electron chi connectivity index (χ1n) is 7.43. The molecule has 0 bridgehead atoms. The highest BCUT2D eigenvalue weighted by atomic mass is 32.1. The quantitative estimate of drug-likeness (QED) is 0.493. The second-order valence-electron chi connectivity index (χ2n) is 5.22. The second kappa shape index (κ2) is 8.31. The molecule has 0 radical (unpaired) electrons. The molecule has 0 spiro atoms. The molecule has 0 aromatic heterocycles. The number of anilines is 1. The van der Waals surface area contributed by atoms with Crippen molar-refractivity contribution >= 4 is 29.2 Å². The molecule has 0 saturated heterocycles. The van der Waals surface area contributed by atoms with Crippen LogP contribution >= 0.6 is 12.2 Å². The lowest BCUT2D eigenvalue weighted by Gasteiger charge is -2.11. The largest absolute Gasteiger partial charge is 0.497 e. The van der Waals surface area contributed by atoms with Gasteiger partial charge in [0.05, 0.1) is 20.4 Å². The Morgan fingerprint density at radius 2 is 1.75 bits per heavy atom. The van der Waals surface area contributed by atoms with Gasteiger partial charge in [-0.15, -0.1) is 0 Å². The molecule has 126 valence electrons. The van der Waals surface area contributed by atoms with E-state index in [2.05, 4.69) is 28.8 Å². The minimum absolute atomic E-state index is 0.426. The average Bonchev–Trinajstić information content (AvgIpc) is 2.58. The zero-order valence-electron chi connectivity index (χ0n) is 14.2. The first-order valence-corrected chi connectivity index (χ1v) is 7.83. The lowest BCUT2D eigenvalue weighted by atomic mass is 10.1. The third kappa shape index (κ3) is 4.70. The van der Waals surface area contributed by atoms with Gasteiger partial charge in [-0.25, -0.2) is 0 Å². The topological polar surface area (TPSA) is 54.9 Å². The van der Waals surface area contributed by atoms with Gasteiger partial charge in [-0.05, 0) is 55.4 Å². The van der Waals surface area contributed by atoms with Gasteiger partial charge < -0.3 is 14.8 Å². The predicted molar refractivity (Wildman–Crippen MR) is 102 cm³/mol. The van der Waals surface area contributed by atoms with Crippen molar-refractivity contribution in [2.75, 3.05) is 19.5 Å². The number of aryl methyl sites for hydroxylation is 1. The summed E-state index contributed by atoms with van der Waals surface area (Å²) in [4.78, 5) is 0. The third-order valence-electron chi connectivity index (χ3n) is 3.61. The van der Waals surface area contributed by atoms with Crippen LogP contribution in [0, 0.1) is 13.8 Å². The lowest BCUT2D eigenvalue weighted by molar-refractivity contribution is 0.394. The number of hydrazone groups is 1. The summed E-state index contributed by atoms with van der Waals surface area (Å²) in [6, 6.07) is 11.5. The molecular formula is C18H21N3O2S. The van der Waals surface area contributed by atoms with Crippen molar-refractivity contribution in [3.05, 3.63) is 53.1 Å². The number of hydrogen-bond donors (Lipinski definition) is 2. The van der Waals surface area contributed by atoms with Gasteiger partial charge in [0, 0.05) is 17.3 Å². The van der Waals surface area contributed by atoms with Crippen molar-refractivity contribution in [2.45, 2.75) is 13.8 Å². The summed E-state index contributed by atoms with van der Waals surface area (Å²) in [7, 11) is 3.22. The van der Waals surface area contributed by atoms with E-state index < -0.39 is 0 Å². The van der Waals surface area contributed by atoms with E-state index in [-0.39, 0.29) is 0 Å². The highest BCUT2D eigenvalue weighted by molar-refractivity contribution is 7.80. The average molecular weight is 343 g/mol. The second-order valence-corrected chi connectivity index (χ2v) is 5.63. The monoisotopic (exact) mass is 343 g/mol. The minimum atomic E-state index is 0.426. The summed E-state index contributed by atoms with van der Waals surface area (Å²) < 4.78 is 10.5. The summed E-state index contributed by atoms with van der Waals surface area (Å²) >= 11 is 5.27. The normalized spacial score (nSPS) is 10.5. The molecule has 0 unspecified atom stereocenters. The van der Waals surface area contributed by atoms with E-state index in [1.165, 1.54) is 5.56 Å². The number of hydrogen-bond acceptors (Lipinski definition) is 4. The van der Waals surface area contributed by atoms with E-state index in [4.69, 9.17) is 21.7 Å². The molecule has 2 rings (SSSR count). The number of benzene rings is 2. The van der Waals surface area contributed by atoms with Gasteiger partial charge in [-0.1, -0.05) is 12.1 Å². The highest BCUT2D eigenvalue weighted by Gasteiger charge is 2.03. The van der Waals surface area contributed by atoms with Gasteiger partial charge in [0.1, 0.15) is 11.5 Å². The van der Waals surface area contributed by atoms with Gasteiger partial charge in [0.15, 0.2) is 5.11 Å². The SMILES string of the molecule is COc1cc(/C=N/NC(=S)Nc2cccc(C)c2C)cc(OC)c1. The van der Waals surface area contributed by atoms with Crippen LogP contribution < -0.4 is 20.2 Å². The number of rotatable bonds is 5. The van der Waals surface area contributed by atoms with Gasteiger partial charge >= 0.3 is 0 Å². The Morgan fingerprint density at radius 1 is 1.08 bits per heavy atom. The molecule has 5 nitrogen and oxygen atoms in total. The van der Waals surface area contributed by atoms with Crippen LogP contribution in [-0.2, 0) is 0 Å². The van der Waals surface area contributed by atoms with Crippen LogP contribution in [-0.4, -0.2) is 25.5 Å². The number of ether oxygens (including phenoxy) is 2. The van der Waals surface area contributed by atoms with E-state index in [1.54, 1.807) is 26.5 Å². The van der Waals surface area contributed by atoms with Crippen LogP contribution in [0.1, 0.15) is 16.7 Å². The number of methoxy groups -OCH3 is 2. The smallest absolute Gasteiger partial charge is 0.191 e. The van der Waals surface area contributed by atoms with Gasteiger partial charge in [-0.3, -0.25) is 5.43 Å². The molecule has 0 amide bonds. The molecule has 24 heavy (non-hydrogen) atoms. The van der Waals surface area contributed by atoms with E-state index in [9.17, 15) is 0 Å². The predicted octanol–water partition coefficient (Wildman–Crippen LogP) is 3.64. The maximum atomic E-state index is 5.27. The van der Waals surface area contributed by atoms with E-state index >= 15 is 0 Å². The molecule has 0 heterocycles.